The predicted octanol–water partition coefficient (Wildman–Crippen LogP) is 4.14. The van der Waals surface area contributed by atoms with E-state index in [1.54, 1.807) is 0 Å². The van der Waals surface area contributed by atoms with Crippen LogP contribution in [0.2, 0.25) is 0 Å². The van der Waals surface area contributed by atoms with Crippen LogP contribution in [0.25, 0.3) is 0 Å². The topological polar surface area (TPSA) is 21.3 Å². The van der Waals surface area contributed by atoms with Crippen molar-refractivity contribution in [2.45, 2.75) is 90.4 Å². The monoisotopic (exact) mass is 267 g/mol. The van der Waals surface area contributed by atoms with Gasteiger partial charge in [-0.2, -0.15) is 0 Å². The van der Waals surface area contributed by atoms with E-state index in [1.807, 2.05) is 0 Å². The van der Waals surface area contributed by atoms with Crippen molar-refractivity contribution in [2.75, 3.05) is 6.54 Å². The lowest BCUT2D eigenvalue weighted by atomic mass is 9.69. The largest absolute Gasteiger partial charge is 0.369 e. The predicted molar refractivity (Wildman–Crippen MR) is 81.4 cm³/mol. The molecule has 19 heavy (non-hydrogen) atoms. The summed E-state index contributed by atoms with van der Waals surface area (Å²) in [5.41, 5.74) is 0.0958. The van der Waals surface area contributed by atoms with Crippen LogP contribution in [0.1, 0.15) is 73.1 Å². The summed E-state index contributed by atoms with van der Waals surface area (Å²) in [6.07, 6.45) is 8.00. The highest BCUT2D eigenvalue weighted by Crippen LogP contribution is 2.49. The van der Waals surface area contributed by atoms with Gasteiger partial charge in [-0.15, -0.1) is 0 Å². The van der Waals surface area contributed by atoms with Crippen molar-refractivity contribution in [3.05, 3.63) is 0 Å². The Morgan fingerprint density at radius 2 is 1.79 bits per heavy atom. The van der Waals surface area contributed by atoms with Crippen LogP contribution >= 0.6 is 0 Å². The fraction of sp³-hybridized carbons (Fsp3) is 1.00. The Morgan fingerprint density at radius 3 is 2.37 bits per heavy atom. The fourth-order valence-corrected chi connectivity index (χ4v) is 4.50. The summed E-state index contributed by atoms with van der Waals surface area (Å²) in [6, 6.07) is 0.718. The van der Waals surface area contributed by atoms with Gasteiger partial charge in [0.25, 0.3) is 0 Å². The molecule has 2 rings (SSSR count). The first kappa shape index (κ1) is 15.3. The average molecular weight is 267 g/mol. The molecule has 2 fully saturated rings. The second-order valence-electron chi connectivity index (χ2n) is 7.78. The smallest absolute Gasteiger partial charge is 0.0666 e. The maximum Gasteiger partial charge on any atom is 0.0666 e. The quantitative estimate of drug-likeness (QED) is 0.826. The Kier molecular flexibility index (Phi) is 4.62. The van der Waals surface area contributed by atoms with Crippen molar-refractivity contribution >= 4 is 0 Å². The second-order valence-corrected chi connectivity index (χ2v) is 7.78. The first-order chi connectivity index (χ1) is 8.86. The van der Waals surface area contributed by atoms with Crippen LogP contribution in [0.4, 0.5) is 0 Å². The van der Waals surface area contributed by atoms with Gasteiger partial charge in [0.2, 0.25) is 0 Å². The normalized spacial score (nSPS) is 37.4. The van der Waals surface area contributed by atoms with Crippen molar-refractivity contribution in [1.29, 1.82) is 0 Å². The first-order valence-corrected chi connectivity index (χ1v) is 8.29. The van der Waals surface area contributed by atoms with Gasteiger partial charge in [-0.05, 0) is 71.8 Å². The second kappa shape index (κ2) is 5.73. The van der Waals surface area contributed by atoms with E-state index in [0.29, 0.717) is 5.92 Å². The summed E-state index contributed by atoms with van der Waals surface area (Å²) in [5.74, 6) is 1.51. The third-order valence-corrected chi connectivity index (χ3v) is 5.14. The molecule has 1 aliphatic heterocycles. The lowest BCUT2D eigenvalue weighted by molar-refractivity contribution is -0.0832. The Balaban J connectivity index is 2.09. The van der Waals surface area contributed by atoms with Gasteiger partial charge >= 0.3 is 0 Å². The van der Waals surface area contributed by atoms with E-state index in [-0.39, 0.29) is 11.2 Å². The van der Waals surface area contributed by atoms with Gasteiger partial charge in [0.1, 0.15) is 0 Å². The van der Waals surface area contributed by atoms with Crippen molar-refractivity contribution in [2.24, 2.45) is 11.8 Å². The highest BCUT2D eigenvalue weighted by Gasteiger charge is 2.50. The average Bonchev–Trinajstić information content (AvgIpc) is 2.55. The fourth-order valence-electron chi connectivity index (χ4n) is 4.50. The molecule has 2 heteroatoms. The number of rotatable bonds is 4. The zero-order chi connectivity index (χ0) is 14.1. The molecule has 0 bridgehead atoms. The van der Waals surface area contributed by atoms with Gasteiger partial charge in [0.15, 0.2) is 0 Å². The third-order valence-electron chi connectivity index (χ3n) is 5.14. The number of hydrogen-bond acceptors (Lipinski definition) is 2. The number of ether oxygens (including phenoxy) is 1. The maximum absolute atomic E-state index is 6.33. The van der Waals surface area contributed by atoms with Gasteiger partial charge in [0, 0.05) is 6.04 Å². The molecule has 1 aliphatic carbocycles. The minimum atomic E-state index is 0.0393. The molecule has 1 heterocycles. The Morgan fingerprint density at radius 1 is 1.11 bits per heavy atom. The Labute approximate surface area is 119 Å². The SMILES string of the molecule is CCCNC1CCCCC1C1CC(C)(C)OC1(C)C. The molecule has 3 atom stereocenters. The molecule has 1 N–H and O–H groups in total. The number of nitrogens with one attached hydrogen (secondary N) is 1. The summed E-state index contributed by atoms with van der Waals surface area (Å²) in [6.45, 7) is 12.5. The molecule has 1 saturated heterocycles. The first-order valence-electron chi connectivity index (χ1n) is 8.29. The highest BCUT2D eigenvalue weighted by molar-refractivity contribution is 5.00. The molecule has 3 unspecified atom stereocenters. The van der Waals surface area contributed by atoms with E-state index in [0.717, 1.165) is 12.0 Å². The molecule has 0 aromatic rings. The summed E-state index contributed by atoms with van der Waals surface area (Å²) in [4.78, 5) is 0. The molecular weight excluding hydrogens is 234 g/mol. The summed E-state index contributed by atoms with van der Waals surface area (Å²) in [7, 11) is 0. The van der Waals surface area contributed by atoms with Crippen molar-refractivity contribution in [3.8, 4) is 0 Å². The third kappa shape index (κ3) is 3.52. The summed E-state index contributed by atoms with van der Waals surface area (Å²) in [5, 5.41) is 3.81. The Bertz CT molecular complexity index is 298. The van der Waals surface area contributed by atoms with E-state index >= 15 is 0 Å². The van der Waals surface area contributed by atoms with Crippen LogP contribution in [0.15, 0.2) is 0 Å². The molecule has 0 amide bonds. The van der Waals surface area contributed by atoms with Gasteiger partial charge in [-0.25, -0.2) is 0 Å². The van der Waals surface area contributed by atoms with Gasteiger partial charge in [-0.3, -0.25) is 0 Å². The van der Waals surface area contributed by atoms with Crippen molar-refractivity contribution < 1.29 is 4.74 Å². The van der Waals surface area contributed by atoms with Crippen LogP contribution in [0.3, 0.4) is 0 Å². The van der Waals surface area contributed by atoms with Crippen LogP contribution in [0, 0.1) is 11.8 Å². The maximum atomic E-state index is 6.33. The summed E-state index contributed by atoms with van der Waals surface area (Å²) < 4.78 is 6.33. The van der Waals surface area contributed by atoms with E-state index in [2.05, 4.69) is 39.9 Å². The van der Waals surface area contributed by atoms with Gasteiger partial charge < -0.3 is 10.1 Å². The van der Waals surface area contributed by atoms with Crippen LogP contribution in [-0.2, 0) is 4.74 Å². The lowest BCUT2D eigenvalue weighted by Crippen LogP contribution is -2.46. The minimum Gasteiger partial charge on any atom is -0.369 e. The van der Waals surface area contributed by atoms with E-state index in [1.165, 1.54) is 45.1 Å². The van der Waals surface area contributed by atoms with Gasteiger partial charge in [0.05, 0.1) is 11.2 Å². The molecule has 0 aromatic heterocycles. The van der Waals surface area contributed by atoms with E-state index in [9.17, 15) is 0 Å². The van der Waals surface area contributed by atoms with E-state index < -0.39 is 0 Å². The molecule has 0 radical (unpaired) electrons. The highest BCUT2D eigenvalue weighted by atomic mass is 16.5. The molecule has 2 nitrogen and oxygen atoms in total. The van der Waals surface area contributed by atoms with Crippen LogP contribution in [0.5, 0.6) is 0 Å². The molecular formula is C17H33NO. The van der Waals surface area contributed by atoms with Crippen molar-refractivity contribution in [1.82, 2.24) is 5.32 Å². The standard InChI is InChI=1S/C17H33NO/c1-6-11-18-15-10-8-7-9-13(15)14-12-16(2,3)19-17(14,4)5/h13-15,18H,6-12H2,1-5H3. The lowest BCUT2D eigenvalue weighted by Gasteiger charge is -2.40. The van der Waals surface area contributed by atoms with Gasteiger partial charge in [-0.1, -0.05) is 19.8 Å². The molecule has 0 spiro atoms. The van der Waals surface area contributed by atoms with Crippen molar-refractivity contribution in [3.63, 3.8) is 0 Å². The Hall–Kier alpha value is -0.0800. The molecule has 0 aromatic carbocycles. The van der Waals surface area contributed by atoms with E-state index in [4.69, 9.17) is 4.74 Å². The zero-order valence-electron chi connectivity index (χ0n) is 13.6. The molecule has 112 valence electrons. The minimum absolute atomic E-state index is 0.0393. The number of hydrogen-bond donors (Lipinski definition) is 1. The molecule has 1 saturated carbocycles. The molecule has 2 aliphatic rings. The zero-order valence-corrected chi connectivity index (χ0v) is 13.6. The van der Waals surface area contributed by atoms with Crippen LogP contribution < -0.4 is 5.32 Å². The van der Waals surface area contributed by atoms with Crippen LogP contribution in [-0.4, -0.2) is 23.8 Å². The summed E-state index contributed by atoms with van der Waals surface area (Å²) >= 11 is 0.